The molecule has 1 unspecified atom stereocenters. The number of piperidine rings is 1. The standard InChI is InChI=1S/C36H44N8O3/c1-21(2)32-39-35(41-40-32)36(13-14-38-20-31(45)44-27(19-37)17-26-18-30(26)44)28-11-9-24(33(46)42(3)4)15-22(28)7-8-23-16-25(10-12-29(23)36)34(47)43(5)6/h9-12,15-16,21,26-27,30,38H,7-8,13-14,17-18,20H2,1-6H3,(H,39,40,41)/t26-,27?,30+/m1/s1. The van der Waals surface area contributed by atoms with Crippen LogP contribution in [0.15, 0.2) is 36.4 Å². The first-order valence-electron chi connectivity index (χ1n) is 16.5. The number of aromatic amines is 1. The van der Waals surface area contributed by atoms with Crippen molar-refractivity contribution in [3.63, 3.8) is 0 Å². The lowest BCUT2D eigenvalue weighted by Gasteiger charge is -2.35. The number of nitriles is 1. The third kappa shape index (κ3) is 5.80. The molecule has 1 saturated carbocycles. The summed E-state index contributed by atoms with van der Waals surface area (Å²) in [6.45, 7) is 4.74. The van der Waals surface area contributed by atoms with E-state index in [1.807, 2.05) is 36.4 Å². The lowest BCUT2D eigenvalue weighted by molar-refractivity contribution is -0.131. The van der Waals surface area contributed by atoms with Crippen molar-refractivity contribution in [3.8, 4) is 6.07 Å². The predicted octanol–water partition coefficient (Wildman–Crippen LogP) is 3.26. The van der Waals surface area contributed by atoms with Gasteiger partial charge in [-0.05, 0) is 91.1 Å². The maximum Gasteiger partial charge on any atom is 0.253 e. The molecule has 0 bridgehead atoms. The van der Waals surface area contributed by atoms with Gasteiger partial charge >= 0.3 is 0 Å². The van der Waals surface area contributed by atoms with Crippen LogP contribution in [0.4, 0.5) is 0 Å². The largest absolute Gasteiger partial charge is 0.345 e. The van der Waals surface area contributed by atoms with Gasteiger partial charge in [-0.15, -0.1) is 10.2 Å². The molecule has 3 aliphatic rings. The fourth-order valence-electron chi connectivity index (χ4n) is 7.49. The zero-order chi connectivity index (χ0) is 33.6. The van der Waals surface area contributed by atoms with E-state index in [0.717, 1.165) is 40.9 Å². The van der Waals surface area contributed by atoms with Crippen LogP contribution in [0, 0.1) is 17.2 Å². The van der Waals surface area contributed by atoms with Crippen LogP contribution in [0.5, 0.6) is 0 Å². The third-order valence-electron chi connectivity index (χ3n) is 10.0. The highest BCUT2D eigenvalue weighted by atomic mass is 16.2. The second kappa shape index (κ2) is 12.6. The minimum atomic E-state index is -0.818. The van der Waals surface area contributed by atoms with Crippen LogP contribution >= 0.6 is 0 Å². The summed E-state index contributed by atoms with van der Waals surface area (Å²) in [7, 11) is 6.99. The molecule has 246 valence electrons. The third-order valence-corrected chi connectivity index (χ3v) is 10.0. The fourth-order valence-corrected chi connectivity index (χ4v) is 7.49. The number of hydrogen-bond donors (Lipinski definition) is 2. The molecule has 6 rings (SSSR count). The molecule has 11 nitrogen and oxygen atoms in total. The Labute approximate surface area is 276 Å². The molecular weight excluding hydrogens is 592 g/mol. The lowest BCUT2D eigenvalue weighted by atomic mass is 9.69. The quantitative estimate of drug-likeness (QED) is 0.344. The van der Waals surface area contributed by atoms with Crippen LogP contribution < -0.4 is 5.32 Å². The van der Waals surface area contributed by atoms with E-state index in [2.05, 4.69) is 35.3 Å². The molecule has 1 aromatic heterocycles. The first kappa shape index (κ1) is 32.4. The molecule has 1 aliphatic heterocycles. The molecule has 3 atom stereocenters. The summed E-state index contributed by atoms with van der Waals surface area (Å²) < 4.78 is 0. The molecule has 2 aromatic carbocycles. The number of rotatable bonds is 9. The highest BCUT2D eigenvalue weighted by molar-refractivity contribution is 5.95. The molecule has 1 saturated heterocycles. The molecule has 3 amide bonds. The van der Waals surface area contributed by atoms with Gasteiger partial charge < -0.3 is 25.0 Å². The van der Waals surface area contributed by atoms with Gasteiger partial charge in [0.25, 0.3) is 11.8 Å². The van der Waals surface area contributed by atoms with Crippen LogP contribution in [0.25, 0.3) is 0 Å². The summed E-state index contributed by atoms with van der Waals surface area (Å²) >= 11 is 0. The van der Waals surface area contributed by atoms with E-state index < -0.39 is 5.41 Å². The smallest absolute Gasteiger partial charge is 0.253 e. The van der Waals surface area contributed by atoms with Crippen LogP contribution in [-0.2, 0) is 23.1 Å². The number of benzene rings is 2. The molecule has 2 N–H and O–H groups in total. The highest BCUT2D eigenvalue weighted by Crippen LogP contribution is 2.48. The maximum atomic E-state index is 13.3. The van der Waals surface area contributed by atoms with Crippen molar-refractivity contribution in [2.75, 3.05) is 41.3 Å². The second-order valence-corrected chi connectivity index (χ2v) is 13.9. The normalized spacial score (nSPS) is 20.5. The van der Waals surface area contributed by atoms with Gasteiger partial charge in [-0.3, -0.25) is 14.4 Å². The molecule has 2 heterocycles. The van der Waals surface area contributed by atoms with Crippen LogP contribution in [0.2, 0.25) is 0 Å². The SMILES string of the molecule is CC(C)c1nnc(C2(CCNCC(=O)N3C(C#N)C[C@@H]4C[C@@H]43)c3ccc(C(=O)N(C)C)cc3CCc3cc(C(=O)N(C)C)ccc32)[nH]1. The van der Waals surface area contributed by atoms with Crippen molar-refractivity contribution in [1.29, 1.82) is 5.26 Å². The number of carbonyl (C=O) groups excluding carboxylic acids is 3. The zero-order valence-electron chi connectivity index (χ0n) is 28.1. The molecule has 2 fully saturated rings. The Morgan fingerprint density at radius 2 is 1.57 bits per heavy atom. The molecular formula is C36H44N8O3. The molecule has 0 radical (unpaired) electrons. The van der Waals surface area contributed by atoms with Crippen molar-refractivity contribution in [3.05, 3.63) is 81.4 Å². The average Bonchev–Trinajstić information content (AvgIpc) is 3.47. The molecule has 3 aromatic rings. The van der Waals surface area contributed by atoms with Crippen LogP contribution in [-0.4, -0.2) is 101 Å². The number of H-pyrrole nitrogens is 1. The van der Waals surface area contributed by atoms with E-state index in [-0.39, 0.29) is 42.3 Å². The summed E-state index contributed by atoms with van der Waals surface area (Å²) in [5.74, 6) is 1.84. The summed E-state index contributed by atoms with van der Waals surface area (Å²) in [5, 5.41) is 22.3. The van der Waals surface area contributed by atoms with Gasteiger partial charge in [-0.1, -0.05) is 26.0 Å². The van der Waals surface area contributed by atoms with Crippen molar-refractivity contribution >= 4 is 17.7 Å². The summed E-state index contributed by atoms with van der Waals surface area (Å²) in [4.78, 5) is 47.9. The first-order valence-corrected chi connectivity index (χ1v) is 16.5. The van der Waals surface area contributed by atoms with Gasteiger partial charge in [0.05, 0.1) is 18.0 Å². The number of hydrogen-bond acceptors (Lipinski definition) is 7. The number of fused-ring (bicyclic) bond motifs is 3. The number of aromatic nitrogens is 3. The van der Waals surface area contributed by atoms with E-state index in [9.17, 15) is 19.6 Å². The number of carbonyl (C=O) groups is 3. The molecule has 47 heavy (non-hydrogen) atoms. The number of nitrogens with one attached hydrogen (secondary N) is 2. The van der Waals surface area contributed by atoms with Gasteiger partial charge in [-0.2, -0.15) is 5.26 Å². The van der Waals surface area contributed by atoms with Crippen molar-refractivity contribution in [2.24, 2.45) is 5.92 Å². The van der Waals surface area contributed by atoms with E-state index >= 15 is 0 Å². The van der Waals surface area contributed by atoms with Crippen molar-refractivity contribution in [1.82, 2.24) is 35.2 Å². The number of likely N-dealkylation sites (tertiary alicyclic amines) is 1. The minimum Gasteiger partial charge on any atom is -0.345 e. The predicted molar refractivity (Wildman–Crippen MR) is 177 cm³/mol. The summed E-state index contributed by atoms with van der Waals surface area (Å²) in [6.07, 6.45) is 3.62. The topological polar surface area (TPSA) is 138 Å². The number of amides is 3. The monoisotopic (exact) mass is 636 g/mol. The van der Waals surface area contributed by atoms with Gasteiger partial charge in [0.2, 0.25) is 5.91 Å². The highest BCUT2D eigenvalue weighted by Gasteiger charge is 2.54. The van der Waals surface area contributed by atoms with Crippen LogP contribution in [0.3, 0.4) is 0 Å². The van der Waals surface area contributed by atoms with Gasteiger partial charge in [0, 0.05) is 51.3 Å². The summed E-state index contributed by atoms with van der Waals surface area (Å²) in [5.41, 5.74) is 4.49. The van der Waals surface area contributed by atoms with E-state index in [4.69, 9.17) is 5.10 Å². The van der Waals surface area contributed by atoms with E-state index in [1.165, 1.54) is 0 Å². The first-order chi connectivity index (χ1) is 22.5. The average molecular weight is 637 g/mol. The fraction of sp³-hybridized carbons (Fsp3) is 0.500. The minimum absolute atomic E-state index is 0.0438. The van der Waals surface area contributed by atoms with Gasteiger partial charge in [0.15, 0.2) is 0 Å². The second-order valence-electron chi connectivity index (χ2n) is 13.9. The molecule has 2 aliphatic carbocycles. The van der Waals surface area contributed by atoms with Gasteiger partial charge in [0.1, 0.15) is 17.7 Å². The van der Waals surface area contributed by atoms with Gasteiger partial charge in [-0.25, -0.2) is 0 Å². The molecule has 11 heteroatoms. The zero-order valence-corrected chi connectivity index (χ0v) is 28.1. The number of nitrogens with zero attached hydrogens (tertiary/aromatic N) is 6. The van der Waals surface area contributed by atoms with Crippen molar-refractivity contribution in [2.45, 2.75) is 69.4 Å². The van der Waals surface area contributed by atoms with E-state index in [0.29, 0.717) is 48.7 Å². The Kier molecular flexibility index (Phi) is 8.66. The Morgan fingerprint density at radius 1 is 0.979 bits per heavy atom. The lowest BCUT2D eigenvalue weighted by Crippen LogP contribution is -2.44. The van der Waals surface area contributed by atoms with Crippen LogP contribution in [0.1, 0.15) is 93.6 Å². The molecule has 0 spiro atoms. The maximum absolute atomic E-state index is 13.3. The number of aryl methyl sites for hydroxylation is 2. The van der Waals surface area contributed by atoms with E-state index in [1.54, 1.807) is 42.9 Å². The Bertz CT molecular complexity index is 1680. The summed E-state index contributed by atoms with van der Waals surface area (Å²) in [6, 6.07) is 14.0. The Balaban J connectivity index is 1.43. The Hall–Kier alpha value is -4.56. The van der Waals surface area contributed by atoms with Crippen molar-refractivity contribution < 1.29 is 14.4 Å². The Morgan fingerprint density at radius 3 is 2.09 bits per heavy atom.